The molecule has 5 heteroatoms. The van der Waals surface area contributed by atoms with Gasteiger partial charge in [0.25, 0.3) is 5.91 Å². The SMILES string of the molecule is NC(=O)[C@H](Cc1c2ccccc2cc2ccccc12)NC(=O)c1cccc(Br)c1. The number of nitrogens with one attached hydrogen (secondary N) is 1. The Morgan fingerprint density at radius 3 is 2.07 bits per heavy atom. The van der Waals surface area contributed by atoms with Gasteiger partial charge in [0.15, 0.2) is 0 Å². The highest BCUT2D eigenvalue weighted by Crippen LogP contribution is 2.29. The van der Waals surface area contributed by atoms with Crippen molar-refractivity contribution in [2.24, 2.45) is 5.73 Å². The zero-order valence-corrected chi connectivity index (χ0v) is 17.1. The second kappa shape index (κ2) is 8.05. The van der Waals surface area contributed by atoms with Crippen LogP contribution in [0.4, 0.5) is 0 Å². The van der Waals surface area contributed by atoms with Crippen LogP contribution in [0.5, 0.6) is 0 Å². The van der Waals surface area contributed by atoms with Crippen LogP contribution in [0, 0.1) is 0 Å². The number of nitrogens with two attached hydrogens (primary N) is 1. The Morgan fingerprint density at radius 1 is 0.862 bits per heavy atom. The van der Waals surface area contributed by atoms with Crippen LogP contribution >= 0.6 is 15.9 Å². The van der Waals surface area contributed by atoms with Gasteiger partial charge >= 0.3 is 0 Å². The zero-order valence-electron chi connectivity index (χ0n) is 15.6. The van der Waals surface area contributed by atoms with Crippen molar-refractivity contribution in [3.63, 3.8) is 0 Å². The highest BCUT2D eigenvalue weighted by Gasteiger charge is 2.22. The number of amides is 2. The second-order valence-corrected chi connectivity index (χ2v) is 7.86. The lowest BCUT2D eigenvalue weighted by molar-refractivity contribution is -0.119. The average molecular weight is 447 g/mol. The molecule has 0 spiro atoms. The number of benzene rings is 4. The molecule has 0 radical (unpaired) electrons. The first-order valence-electron chi connectivity index (χ1n) is 9.28. The molecule has 0 saturated heterocycles. The van der Waals surface area contributed by atoms with Gasteiger partial charge < -0.3 is 11.1 Å². The Hall–Kier alpha value is -3.18. The Morgan fingerprint density at radius 2 is 1.48 bits per heavy atom. The van der Waals surface area contributed by atoms with Crippen LogP contribution in [-0.2, 0) is 11.2 Å². The lowest BCUT2D eigenvalue weighted by atomic mass is 9.92. The molecule has 4 aromatic rings. The summed E-state index contributed by atoms with van der Waals surface area (Å²) in [6, 6.07) is 24.4. The predicted molar refractivity (Wildman–Crippen MR) is 120 cm³/mol. The van der Waals surface area contributed by atoms with E-state index in [9.17, 15) is 9.59 Å². The molecule has 3 N–H and O–H groups in total. The number of rotatable bonds is 5. The van der Waals surface area contributed by atoms with Crippen molar-refractivity contribution >= 4 is 49.3 Å². The van der Waals surface area contributed by atoms with Gasteiger partial charge in [-0.05, 0) is 51.4 Å². The van der Waals surface area contributed by atoms with Gasteiger partial charge in [0.05, 0.1) is 0 Å². The van der Waals surface area contributed by atoms with Crippen molar-refractivity contribution < 1.29 is 9.59 Å². The molecule has 0 aliphatic rings. The molecule has 4 nitrogen and oxygen atoms in total. The number of carbonyl (C=O) groups excluding carboxylic acids is 2. The summed E-state index contributed by atoms with van der Waals surface area (Å²) in [6.45, 7) is 0. The Kier molecular flexibility index (Phi) is 5.32. The number of fused-ring (bicyclic) bond motifs is 2. The van der Waals surface area contributed by atoms with E-state index in [1.165, 1.54) is 0 Å². The molecule has 0 aliphatic carbocycles. The van der Waals surface area contributed by atoms with Gasteiger partial charge in [-0.2, -0.15) is 0 Å². The van der Waals surface area contributed by atoms with E-state index < -0.39 is 11.9 Å². The quantitative estimate of drug-likeness (QED) is 0.440. The van der Waals surface area contributed by atoms with Crippen LogP contribution in [0.2, 0.25) is 0 Å². The third kappa shape index (κ3) is 4.00. The number of hydrogen-bond donors (Lipinski definition) is 2. The van der Waals surface area contributed by atoms with Crippen molar-refractivity contribution in [1.82, 2.24) is 5.32 Å². The maximum absolute atomic E-state index is 12.7. The van der Waals surface area contributed by atoms with Gasteiger partial charge in [-0.15, -0.1) is 0 Å². The lowest BCUT2D eigenvalue weighted by Crippen LogP contribution is -2.45. The van der Waals surface area contributed by atoms with E-state index in [2.05, 4.69) is 27.3 Å². The number of carbonyl (C=O) groups is 2. The van der Waals surface area contributed by atoms with Crippen LogP contribution in [0.15, 0.2) is 83.3 Å². The summed E-state index contributed by atoms with van der Waals surface area (Å²) in [7, 11) is 0. The van der Waals surface area contributed by atoms with Crippen LogP contribution in [0.3, 0.4) is 0 Å². The monoisotopic (exact) mass is 446 g/mol. The molecule has 4 rings (SSSR count). The van der Waals surface area contributed by atoms with E-state index >= 15 is 0 Å². The van der Waals surface area contributed by atoms with Gasteiger partial charge in [-0.25, -0.2) is 0 Å². The largest absolute Gasteiger partial charge is 0.368 e. The molecule has 0 unspecified atom stereocenters. The average Bonchev–Trinajstić information content (AvgIpc) is 2.72. The van der Waals surface area contributed by atoms with Crippen LogP contribution in [-0.4, -0.2) is 17.9 Å². The number of halogens is 1. The number of hydrogen-bond acceptors (Lipinski definition) is 2. The summed E-state index contributed by atoms with van der Waals surface area (Å²) in [6.07, 6.45) is 0.316. The maximum Gasteiger partial charge on any atom is 0.251 e. The van der Waals surface area contributed by atoms with Gasteiger partial charge in [0, 0.05) is 16.5 Å². The standard InChI is InChI=1S/C24H19BrN2O2/c25-18-9-5-8-17(13-18)24(29)27-22(23(26)28)14-21-19-10-3-1-6-15(19)12-16-7-2-4-11-20(16)21/h1-13,22H,14H2,(H2,26,28)(H,27,29)/t22-/m0/s1. The third-order valence-corrected chi connectivity index (χ3v) is 5.52. The summed E-state index contributed by atoms with van der Waals surface area (Å²) < 4.78 is 0.792. The zero-order chi connectivity index (χ0) is 20.4. The van der Waals surface area contributed by atoms with Crippen molar-refractivity contribution in [3.8, 4) is 0 Å². The molecule has 4 aromatic carbocycles. The highest BCUT2D eigenvalue weighted by molar-refractivity contribution is 9.10. The maximum atomic E-state index is 12.7. The van der Waals surface area contributed by atoms with E-state index in [1.807, 2.05) is 54.6 Å². The fourth-order valence-corrected chi connectivity index (χ4v) is 4.03. The third-order valence-electron chi connectivity index (χ3n) is 5.03. The summed E-state index contributed by atoms with van der Waals surface area (Å²) in [4.78, 5) is 24.9. The molecular weight excluding hydrogens is 428 g/mol. The van der Waals surface area contributed by atoms with Crippen molar-refractivity contribution in [2.75, 3.05) is 0 Å². The molecule has 29 heavy (non-hydrogen) atoms. The normalized spacial score (nSPS) is 12.0. The molecule has 0 aliphatic heterocycles. The minimum absolute atomic E-state index is 0.316. The van der Waals surface area contributed by atoms with Crippen molar-refractivity contribution in [2.45, 2.75) is 12.5 Å². The molecule has 2 amide bonds. The van der Waals surface area contributed by atoms with E-state index in [-0.39, 0.29) is 5.91 Å². The molecule has 1 atom stereocenters. The smallest absolute Gasteiger partial charge is 0.251 e. The molecule has 144 valence electrons. The molecule has 0 fully saturated rings. The first-order valence-corrected chi connectivity index (χ1v) is 10.1. The van der Waals surface area contributed by atoms with Crippen molar-refractivity contribution in [3.05, 3.63) is 94.5 Å². The Bertz CT molecular complexity index is 1180. The highest BCUT2D eigenvalue weighted by atomic mass is 79.9. The van der Waals surface area contributed by atoms with Crippen LogP contribution in [0.25, 0.3) is 21.5 Å². The van der Waals surface area contributed by atoms with E-state index in [4.69, 9.17) is 5.73 Å². The minimum Gasteiger partial charge on any atom is -0.368 e. The van der Waals surface area contributed by atoms with Gasteiger partial charge in [-0.3, -0.25) is 9.59 Å². The first kappa shape index (κ1) is 19.2. The van der Waals surface area contributed by atoms with Gasteiger partial charge in [0.1, 0.15) is 6.04 Å². The van der Waals surface area contributed by atoms with E-state index in [0.29, 0.717) is 12.0 Å². The molecular formula is C24H19BrN2O2. The van der Waals surface area contributed by atoms with E-state index in [0.717, 1.165) is 31.6 Å². The number of primary amides is 1. The molecule has 0 bridgehead atoms. The molecule has 0 aromatic heterocycles. The summed E-state index contributed by atoms with van der Waals surface area (Å²) in [5.41, 5.74) is 7.13. The van der Waals surface area contributed by atoms with Crippen molar-refractivity contribution in [1.29, 1.82) is 0 Å². The van der Waals surface area contributed by atoms with Gasteiger partial charge in [0.2, 0.25) is 5.91 Å². The fraction of sp³-hybridized carbons (Fsp3) is 0.0833. The minimum atomic E-state index is -0.823. The summed E-state index contributed by atoms with van der Waals surface area (Å²) >= 11 is 3.36. The summed E-state index contributed by atoms with van der Waals surface area (Å²) in [5.74, 6) is -0.898. The Balaban J connectivity index is 1.74. The predicted octanol–water partition coefficient (Wildman–Crippen LogP) is 4.58. The topological polar surface area (TPSA) is 72.2 Å². The van der Waals surface area contributed by atoms with E-state index in [1.54, 1.807) is 18.2 Å². The summed E-state index contributed by atoms with van der Waals surface area (Å²) in [5, 5.41) is 7.08. The Labute approximate surface area is 176 Å². The van der Waals surface area contributed by atoms with Crippen LogP contribution < -0.4 is 11.1 Å². The van der Waals surface area contributed by atoms with Crippen LogP contribution in [0.1, 0.15) is 15.9 Å². The molecule has 0 heterocycles. The van der Waals surface area contributed by atoms with Gasteiger partial charge in [-0.1, -0.05) is 70.5 Å². The second-order valence-electron chi connectivity index (χ2n) is 6.94. The molecule has 0 saturated carbocycles. The fourth-order valence-electron chi connectivity index (χ4n) is 3.63. The lowest BCUT2D eigenvalue weighted by Gasteiger charge is -2.19. The first-order chi connectivity index (χ1) is 14.0.